The largest absolute Gasteiger partial charge is 0.459 e. The van der Waals surface area contributed by atoms with E-state index in [4.69, 9.17) is 4.74 Å². The van der Waals surface area contributed by atoms with Gasteiger partial charge in [0.05, 0.1) is 4.88 Å². The summed E-state index contributed by atoms with van der Waals surface area (Å²) in [6, 6.07) is 6.78. The molecule has 0 saturated carbocycles. The lowest BCUT2D eigenvalue weighted by Gasteiger charge is -2.13. The van der Waals surface area contributed by atoms with Gasteiger partial charge in [-0.3, -0.25) is 4.79 Å². The molecular weight excluding hydrogens is 373 g/mol. The Kier molecular flexibility index (Phi) is 5.68. The molecule has 1 amide bonds. The first kappa shape index (κ1) is 16.6. The van der Waals surface area contributed by atoms with Crippen LogP contribution in [0.5, 0.6) is 0 Å². The van der Waals surface area contributed by atoms with Crippen molar-refractivity contribution in [1.82, 2.24) is 5.32 Å². The number of rotatable bonds is 5. The quantitative estimate of drug-likeness (QED) is 0.801. The normalized spacial score (nSPS) is 11.8. The summed E-state index contributed by atoms with van der Waals surface area (Å²) in [7, 11) is 0. The van der Waals surface area contributed by atoms with Crippen molar-refractivity contribution in [1.29, 1.82) is 0 Å². The van der Waals surface area contributed by atoms with Crippen LogP contribution >= 0.6 is 27.3 Å². The maximum Gasteiger partial charge on any atom is 0.328 e. The highest BCUT2D eigenvalue weighted by atomic mass is 79.9. The van der Waals surface area contributed by atoms with Crippen LogP contribution < -0.4 is 5.32 Å². The number of carbonyl (C=O) groups excluding carboxylic acids is 2. The molecule has 22 heavy (non-hydrogen) atoms. The number of carbonyl (C=O) groups is 2. The Hall–Kier alpha value is -1.73. The van der Waals surface area contributed by atoms with E-state index in [0.29, 0.717) is 14.9 Å². The van der Waals surface area contributed by atoms with Crippen molar-refractivity contribution in [3.63, 3.8) is 0 Å². The molecule has 2 rings (SSSR count). The molecule has 7 heteroatoms. The molecule has 0 aliphatic rings. The van der Waals surface area contributed by atoms with Crippen LogP contribution in [0, 0.1) is 5.82 Å². The summed E-state index contributed by atoms with van der Waals surface area (Å²) in [5.74, 6) is -1.25. The van der Waals surface area contributed by atoms with Gasteiger partial charge in [-0.25, -0.2) is 9.18 Å². The molecule has 1 aromatic carbocycles. The number of thiophene rings is 1. The second kappa shape index (κ2) is 7.51. The van der Waals surface area contributed by atoms with Gasteiger partial charge in [0.2, 0.25) is 0 Å². The summed E-state index contributed by atoms with van der Waals surface area (Å²) >= 11 is 4.49. The van der Waals surface area contributed by atoms with Gasteiger partial charge < -0.3 is 10.1 Å². The molecule has 0 spiro atoms. The van der Waals surface area contributed by atoms with E-state index in [9.17, 15) is 14.0 Å². The van der Waals surface area contributed by atoms with E-state index in [1.54, 1.807) is 24.4 Å². The molecule has 0 bridgehead atoms. The number of amides is 1. The SMILES string of the molecule is CC(NC(=O)c1cccs1)C(=O)OCc1ccc(F)cc1Br. The zero-order chi connectivity index (χ0) is 16.1. The number of hydrogen-bond donors (Lipinski definition) is 1. The molecule has 1 aromatic heterocycles. The van der Waals surface area contributed by atoms with Crippen LogP contribution in [-0.4, -0.2) is 17.9 Å². The minimum atomic E-state index is -0.770. The lowest BCUT2D eigenvalue weighted by molar-refractivity contribution is -0.146. The predicted molar refractivity (Wildman–Crippen MR) is 85.1 cm³/mol. The number of ether oxygens (including phenoxy) is 1. The van der Waals surface area contributed by atoms with Crippen LogP contribution in [0.1, 0.15) is 22.2 Å². The fourth-order valence-corrected chi connectivity index (χ4v) is 2.74. The first-order valence-corrected chi connectivity index (χ1v) is 8.09. The van der Waals surface area contributed by atoms with E-state index in [2.05, 4.69) is 21.2 Å². The first-order chi connectivity index (χ1) is 10.5. The third-order valence-electron chi connectivity index (χ3n) is 2.83. The fraction of sp³-hybridized carbons (Fsp3) is 0.200. The standard InChI is InChI=1S/C15H13BrFNO3S/c1-9(18-14(19)13-3-2-6-22-13)15(20)21-8-10-4-5-11(17)7-12(10)16/h2-7,9H,8H2,1H3,(H,18,19). The topological polar surface area (TPSA) is 55.4 Å². The summed E-state index contributed by atoms with van der Waals surface area (Å²) in [6.45, 7) is 1.55. The molecule has 0 saturated heterocycles. The Morgan fingerprint density at radius 3 is 2.82 bits per heavy atom. The van der Waals surface area contributed by atoms with Crippen molar-refractivity contribution in [3.8, 4) is 0 Å². The molecule has 1 heterocycles. The minimum Gasteiger partial charge on any atom is -0.459 e. The Labute approximate surface area is 139 Å². The van der Waals surface area contributed by atoms with Gasteiger partial charge in [0.1, 0.15) is 18.5 Å². The van der Waals surface area contributed by atoms with E-state index in [0.717, 1.165) is 0 Å². The molecule has 0 fully saturated rings. The van der Waals surface area contributed by atoms with Crippen molar-refractivity contribution >= 4 is 39.1 Å². The number of benzene rings is 1. The van der Waals surface area contributed by atoms with E-state index < -0.39 is 12.0 Å². The average Bonchev–Trinajstić information content (AvgIpc) is 3.00. The van der Waals surface area contributed by atoms with E-state index in [-0.39, 0.29) is 18.3 Å². The third kappa shape index (κ3) is 4.38. The van der Waals surface area contributed by atoms with E-state index in [1.165, 1.54) is 29.5 Å². The van der Waals surface area contributed by atoms with Crippen molar-refractivity contribution in [2.75, 3.05) is 0 Å². The van der Waals surface area contributed by atoms with Crippen molar-refractivity contribution in [3.05, 3.63) is 56.4 Å². The molecule has 0 radical (unpaired) electrons. The molecule has 1 unspecified atom stereocenters. The Bertz CT molecular complexity index is 675. The van der Waals surface area contributed by atoms with Gasteiger partial charge in [-0.15, -0.1) is 11.3 Å². The van der Waals surface area contributed by atoms with Gasteiger partial charge in [-0.2, -0.15) is 0 Å². The molecule has 0 aliphatic heterocycles. The average molecular weight is 386 g/mol. The van der Waals surface area contributed by atoms with Crippen LogP contribution in [0.4, 0.5) is 4.39 Å². The summed E-state index contributed by atoms with van der Waals surface area (Å²) in [6.07, 6.45) is 0. The lowest BCUT2D eigenvalue weighted by Crippen LogP contribution is -2.39. The van der Waals surface area contributed by atoms with Gasteiger partial charge in [0.25, 0.3) is 5.91 Å². The second-order valence-corrected chi connectivity index (χ2v) is 6.32. The minimum absolute atomic E-state index is 0.00108. The van der Waals surface area contributed by atoms with Crippen molar-refractivity contribution in [2.45, 2.75) is 19.6 Å². The summed E-state index contributed by atoms with van der Waals surface area (Å²) in [5.41, 5.74) is 0.645. The molecule has 1 atom stereocenters. The van der Waals surface area contributed by atoms with E-state index >= 15 is 0 Å². The van der Waals surface area contributed by atoms with Gasteiger partial charge in [-0.1, -0.05) is 28.1 Å². The van der Waals surface area contributed by atoms with Crippen molar-refractivity contribution in [2.24, 2.45) is 0 Å². The fourth-order valence-electron chi connectivity index (χ4n) is 1.65. The highest BCUT2D eigenvalue weighted by Crippen LogP contribution is 2.19. The van der Waals surface area contributed by atoms with Gasteiger partial charge in [0, 0.05) is 10.0 Å². The number of hydrogen-bond acceptors (Lipinski definition) is 4. The van der Waals surface area contributed by atoms with Gasteiger partial charge in [0.15, 0.2) is 0 Å². The van der Waals surface area contributed by atoms with Gasteiger partial charge in [-0.05, 0) is 30.5 Å². The molecule has 1 N–H and O–H groups in total. The highest BCUT2D eigenvalue weighted by Gasteiger charge is 2.18. The zero-order valence-electron chi connectivity index (χ0n) is 11.6. The monoisotopic (exact) mass is 385 g/mol. The van der Waals surface area contributed by atoms with Crippen LogP contribution in [0.3, 0.4) is 0 Å². The molecule has 116 valence electrons. The number of esters is 1. The number of nitrogens with one attached hydrogen (secondary N) is 1. The molecule has 0 aliphatic carbocycles. The number of halogens is 2. The smallest absolute Gasteiger partial charge is 0.328 e. The maximum atomic E-state index is 13.0. The zero-order valence-corrected chi connectivity index (χ0v) is 14.0. The Morgan fingerprint density at radius 1 is 1.41 bits per heavy atom. The van der Waals surface area contributed by atoms with Crippen LogP contribution in [0.25, 0.3) is 0 Å². The van der Waals surface area contributed by atoms with Crippen molar-refractivity contribution < 1.29 is 18.7 Å². The maximum absolute atomic E-state index is 13.0. The van der Waals surface area contributed by atoms with Crippen LogP contribution in [-0.2, 0) is 16.1 Å². The molecule has 2 aromatic rings. The third-order valence-corrected chi connectivity index (χ3v) is 4.44. The summed E-state index contributed by atoms with van der Waals surface area (Å²) in [4.78, 5) is 24.2. The van der Waals surface area contributed by atoms with Crippen LogP contribution in [0.2, 0.25) is 0 Å². The Morgan fingerprint density at radius 2 is 2.18 bits per heavy atom. The second-order valence-electron chi connectivity index (χ2n) is 4.52. The Balaban J connectivity index is 1.87. The molecular formula is C15H13BrFNO3S. The first-order valence-electron chi connectivity index (χ1n) is 6.42. The van der Waals surface area contributed by atoms with Crippen LogP contribution in [0.15, 0.2) is 40.2 Å². The summed E-state index contributed by atoms with van der Waals surface area (Å²) < 4.78 is 18.6. The highest BCUT2D eigenvalue weighted by molar-refractivity contribution is 9.10. The van der Waals surface area contributed by atoms with Gasteiger partial charge >= 0.3 is 5.97 Å². The molecule has 4 nitrogen and oxygen atoms in total. The predicted octanol–water partition coefficient (Wildman–Crippen LogP) is 3.51. The lowest BCUT2D eigenvalue weighted by atomic mass is 10.2. The van der Waals surface area contributed by atoms with E-state index in [1.807, 2.05) is 0 Å². The summed E-state index contributed by atoms with van der Waals surface area (Å²) in [5, 5.41) is 4.35.